The zero-order valence-corrected chi connectivity index (χ0v) is 23.2. The summed E-state index contributed by atoms with van der Waals surface area (Å²) in [5.74, 6) is 2.33. The van der Waals surface area contributed by atoms with Crippen molar-refractivity contribution in [2.24, 2.45) is 5.73 Å². The minimum absolute atomic E-state index is 0.0733. The minimum Gasteiger partial charge on any atom is -0.341 e. The fraction of sp³-hybridized carbons (Fsp3) is 0.281. The first-order chi connectivity index (χ1) is 20.6. The summed E-state index contributed by atoms with van der Waals surface area (Å²) in [4.78, 5) is 40.4. The largest absolute Gasteiger partial charge is 0.341 e. The molecule has 3 atom stereocenters. The Kier molecular flexibility index (Phi) is 7.06. The quantitative estimate of drug-likeness (QED) is 0.226. The number of nitrogens with two attached hydrogens (primary N) is 1. The second kappa shape index (κ2) is 11.3. The Morgan fingerprint density at radius 3 is 2.21 bits per heavy atom. The topological polar surface area (TPSA) is 142 Å². The summed E-state index contributed by atoms with van der Waals surface area (Å²) in [5.41, 5.74) is 11.8. The van der Waals surface area contributed by atoms with Crippen LogP contribution in [0, 0.1) is 0 Å². The van der Waals surface area contributed by atoms with Crippen LogP contribution >= 0.6 is 0 Å². The predicted octanol–water partition coefficient (Wildman–Crippen LogP) is 4.71. The van der Waals surface area contributed by atoms with E-state index in [1.807, 2.05) is 84.3 Å². The molecule has 0 radical (unpaired) electrons. The lowest BCUT2D eigenvalue weighted by atomic mass is 10.1. The van der Waals surface area contributed by atoms with Gasteiger partial charge in [0, 0.05) is 30.1 Å². The third-order valence-electron chi connectivity index (χ3n) is 8.27. The van der Waals surface area contributed by atoms with Crippen molar-refractivity contribution in [2.75, 3.05) is 13.1 Å². The summed E-state index contributed by atoms with van der Waals surface area (Å²) in [6, 6.07) is 17.1. The van der Waals surface area contributed by atoms with Crippen molar-refractivity contribution >= 4 is 5.91 Å². The zero-order valence-electron chi connectivity index (χ0n) is 23.2. The molecule has 10 nitrogen and oxygen atoms in total. The van der Waals surface area contributed by atoms with E-state index in [4.69, 9.17) is 5.73 Å². The number of nitrogens with one attached hydrogen (secondary N) is 3. The lowest BCUT2D eigenvalue weighted by Gasteiger charge is -2.26. The first-order valence-corrected chi connectivity index (χ1v) is 14.5. The minimum atomic E-state index is -0.684. The molecule has 2 saturated heterocycles. The number of nitrogens with zero attached hydrogens (tertiary/aromatic N) is 5. The molecule has 42 heavy (non-hydrogen) atoms. The fourth-order valence-electron chi connectivity index (χ4n) is 5.94. The summed E-state index contributed by atoms with van der Waals surface area (Å²) in [7, 11) is 0. The molecule has 2 aliphatic heterocycles. The van der Waals surface area contributed by atoms with Gasteiger partial charge in [-0.3, -0.25) is 4.79 Å². The number of amides is 1. The molecule has 0 spiro atoms. The third kappa shape index (κ3) is 5.10. The van der Waals surface area contributed by atoms with Crippen molar-refractivity contribution in [2.45, 2.75) is 43.8 Å². The molecule has 7 rings (SSSR count). The van der Waals surface area contributed by atoms with E-state index in [9.17, 15) is 4.79 Å². The Balaban J connectivity index is 1.03. The van der Waals surface area contributed by atoms with Crippen molar-refractivity contribution in [1.29, 1.82) is 0 Å². The average molecular weight is 560 g/mol. The highest BCUT2D eigenvalue weighted by molar-refractivity contribution is 5.83. The molecule has 1 unspecified atom stereocenters. The number of likely N-dealkylation sites (tertiary alicyclic amines) is 1. The molecule has 0 aliphatic carbocycles. The van der Waals surface area contributed by atoms with Crippen LogP contribution in [0.4, 0.5) is 0 Å². The number of benzene rings is 2. The molecule has 10 heteroatoms. The van der Waals surface area contributed by atoms with Crippen molar-refractivity contribution in [3.05, 3.63) is 96.6 Å². The molecule has 1 amide bonds. The summed E-state index contributed by atoms with van der Waals surface area (Å²) >= 11 is 0. The van der Waals surface area contributed by atoms with E-state index in [1.165, 1.54) is 6.42 Å². The maximum absolute atomic E-state index is 13.3. The van der Waals surface area contributed by atoms with Gasteiger partial charge in [-0.05, 0) is 43.4 Å². The predicted molar refractivity (Wildman–Crippen MR) is 160 cm³/mol. The van der Waals surface area contributed by atoms with Gasteiger partial charge < -0.3 is 25.9 Å². The molecule has 3 aromatic heterocycles. The van der Waals surface area contributed by atoms with E-state index in [1.54, 1.807) is 0 Å². The molecule has 5 N–H and O–H groups in total. The van der Waals surface area contributed by atoms with Crippen LogP contribution in [-0.2, 0) is 4.79 Å². The van der Waals surface area contributed by atoms with Gasteiger partial charge >= 0.3 is 0 Å². The Labute approximate surface area is 243 Å². The van der Waals surface area contributed by atoms with Gasteiger partial charge in [-0.25, -0.2) is 19.9 Å². The Morgan fingerprint density at radius 2 is 1.48 bits per heavy atom. The van der Waals surface area contributed by atoms with Crippen molar-refractivity contribution in [3.63, 3.8) is 0 Å². The summed E-state index contributed by atoms with van der Waals surface area (Å²) in [6.07, 6.45) is 11.4. The molecular formula is C32H33N9O. The van der Waals surface area contributed by atoms with Crippen molar-refractivity contribution < 1.29 is 4.79 Å². The zero-order chi connectivity index (χ0) is 28.5. The highest BCUT2D eigenvalue weighted by Crippen LogP contribution is 2.34. The molecule has 0 saturated carbocycles. The molecule has 2 fully saturated rings. The Bertz CT molecular complexity index is 1650. The van der Waals surface area contributed by atoms with Crippen molar-refractivity contribution in [3.8, 4) is 33.9 Å². The van der Waals surface area contributed by atoms with Crippen molar-refractivity contribution in [1.82, 2.24) is 40.1 Å². The lowest BCUT2D eigenvalue weighted by molar-refractivity contribution is -0.133. The number of hydrogen-bond donors (Lipinski definition) is 4. The van der Waals surface area contributed by atoms with Crippen LogP contribution in [0.1, 0.15) is 61.0 Å². The number of imidazole rings is 2. The maximum Gasteiger partial charge on any atom is 0.244 e. The van der Waals surface area contributed by atoms with Gasteiger partial charge in [0.15, 0.2) is 5.82 Å². The standard InChI is InChI=1S/C32H33N9O/c33-28(21-6-2-1-3-7-21)32(42)41-15-5-9-27(41)31-38-18-25(40-31)20-10-12-22(13-11-20)29-35-16-23(17-36-29)26-19-37-30(39-26)24-8-4-14-34-24/h1-3,6-7,10-13,16-19,24,27-28,34H,4-5,8-9,14-15,33H2,(H,37,39)(H,38,40)/t24-,27-,28?/m0/s1. The SMILES string of the molecule is NC(C(=O)N1CCC[C@H]1c1ncc(-c2ccc(-c3ncc(-c4cnc([C@@H]5CCCN5)[nH]4)cn3)cc2)[nH]1)c1ccccc1. The van der Waals surface area contributed by atoms with E-state index in [2.05, 4.69) is 35.2 Å². The van der Waals surface area contributed by atoms with Gasteiger partial charge in [-0.15, -0.1) is 0 Å². The number of rotatable bonds is 7. The van der Waals surface area contributed by atoms with Crippen LogP contribution in [0.2, 0.25) is 0 Å². The molecule has 5 aromatic rings. The van der Waals surface area contributed by atoms with Crippen LogP contribution in [0.3, 0.4) is 0 Å². The first-order valence-electron chi connectivity index (χ1n) is 14.5. The fourth-order valence-corrected chi connectivity index (χ4v) is 5.94. The second-order valence-electron chi connectivity index (χ2n) is 11.0. The number of aromatic nitrogens is 6. The van der Waals surface area contributed by atoms with Gasteiger partial charge in [-0.2, -0.15) is 0 Å². The second-order valence-corrected chi connectivity index (χ2v) is 11.0. The molecule has 212 valence electrons. The van der Waals surface area contributed by atoms with Gasteiger partial charge in [0.1, 0.15) is 17.7 Å². The van der Waals surface area contributed by atoms with E-state index in [-0.39, 0.29) is 11.9 Å². The maximum atomic E-state index is 13.3. The number of aromatic amines is 2. The Hall–Kier alpha value is -4.67. The van der Waals surface area contributed by atoms with Crippen LogP contribution < -0.4 is 11.1 Å². The van der Waals surface area contributed by atoms with Gasteiger partial charge in [-0.1, -0.05) is 54.6 Å². The normalized spacial score (nSPS) is 19.3. The molecule has 2 aliphatic rings. The average Bonchev–Trinajstić information content (AvgIpc) is 3.87. The summed E-state index contributed by atoms with van der Waals surface area (Å²) in [6.45, 7) is 1.70. The third-order valence-corrected chi connectivity index (χ3v) is 8.27. The van der Waals surface area contributed by atoms with Gasteiger partial charge in [0.2, 0.25) is 5.91 Å². The summed E-state index contributed by atoms with van der Waals surface area (Å²) < 4.78 is 0. The summed E-state index contributed by atoms with van der Waals surface area (Å²) in [5, 5.41) is 3.46. The van der Waals surface area contributed by atoms with Gasteiger partial charge in [0.05, 0.1) is 35.9 Å². The van der Waals surface area contributed by atoms with E-state index in [0.29, 0.717) is 18.4 Å². The van der Waals surface area contributed by atoms with Crippen LogP contribution in [0.5, 0.6) is 0 Å². The van der Waals surface area contributed by atoms with Crippen LogP contribution in [0.25, 0.3) is 33.9 Å². The van der Waals surface area contributed by atoms with E-state index in [0.717, 1.165) is 71.1 Å². The highest BCUT2D eigenvalue weighted by atomic mass is 16.2. The molecular weight excluding hydrogens is 526 g/mol. The Morgan fingerprint density at radius 1 is 0.786 bits per heavy atom. The monoisotopic (exact) mass is 559 g/mol. The number of carbonyl (C=O) groups excluding carboxylic acids is 1. The lowest BCUT2D eigenvalue weighted by Crippen LogP contribution is -2.38. The molecule has 0 bridgehead atoms. The number of hydrogen-bond acceptors (Lipinski definition) is 7. The highest BCUT2D eigenvalue weighted by Gasteiger charge is 2.34. The van der Waals surface area contributed by atoms with Gasteiger partial charge in [0.25, 0.3) is 0 Å². The first kappa shape index (κ1) is 26.2. The molecule has 5 heterocycles. The molecule has 2 aromatic carbocycles. The number of H-pyrrole nitrogens is 2. The van der Waals surface area contributed by atoms with Crippen LogP contribution in [0.15, 0.2) is 79.4 Å². The van der Waals surface area contributed by atoms with E-state index >= 15 is 0 Å². The smallest absolute Gasteiger partial charge is 0.244 e. The van der Waals surface area contributed by atoms with E-state index < -0.39 is 6.04 Å². The van der Waals surface area contributed by atoms with Crippen LogP contribution in [-0.4, -0.2) is 53.8 Å². The number of carbonyl (C=O) groups is 1.